The van der Waals surface area contributed by atoms with Gasteiger partial charge in [-0.25, -0.2) is 4.98 Å². The van der Waals surface area contributed by atoms with E-state index in [0.717, 1.165) is 12.2 Å². The van der Waals surface area contributed by atoms with E-state index in [0.29, 0.717) is 28.8 Å². The molecule has 112 valence electrons. The molecule has 0 saturated heterocycles. The second kappa shape index (κ2) is 6.49. The van der Waals surface area contributed by atoms with Crippen molar-refractivity contribution >= 4 is 22.6 Å². The molecule has 20 heavy (non-hydrogen) atoms. The molecule has 0 amide bonds. The van der Waals surface area contributed by atoms with Crippen LogP contribution in [-0.4, -0.2) is 44.2 Å². The molecule has 2 unspecified atom stereocenters. The van der Waals surface area contributed by atoms with Gasteiger partial charge in [0.05, 0.1) is 29.1 Å². The van der Waals surface area contributed by atoms with Crippen LogP contribution in [0, 0.1) is 5.92 Å². The van der Waals surface area contributed by atoms with E-state index in [1.807, 2.05) is 20.8 Å². The number of aliphatic hydroxyl groups excluding tert-OH is 1. The number of nitrogens with one attached hydrogen (secondary N) is 2. The van der Waals surface area contributed by atoms with Gasteiger partial charge in [0.25, 0.3) is 0 Å². The van der Waals surface area contributed by atoms with E-state index in [2.05, 4.69) is 20.6 Å². The summed E-state index contributed by atoms with van der Waals surface area (Å²) in [7, 11) is -1.05. The quantitative estimate of drug-likeness (QED) is 0.726. The van der Waals surface area contributed by atoms with Gasteiger partial charge in [0.1, 0.15) is 10.7 Å². The van der Waals surface area contributed by atoms with Gasteiger partial charge >= 0.3 is 0 Å². The number of rotatable bonds is 6. The van der Waals surface area contributed by atoms with Crippen LogP contribution in [0.5, 0.6) is 0 Å². The maximum Gasteiger partial charge on any atom is 0.224 e. The number of fused-ring (bicyclic) bond motifs is 1. The van der Waals surface area contributed by atoms with E-state index < -0.39 is 10.8 Å². The maximum atomic E-state index is 12.1. The second-order valence-electron chi connectivity index (χ2n) is 5.18. The summed E-state index contributed by atoms with van der Waals surface area (Å²) in [6.07, 6.45) is 0.711. The molecule has 6 nitrogen and oxygen atoms in total. The fourth-order valence-corrected chi connectivity index (χ4v) is 3.44. The average molecular weight is 298 g/mol. The number of hydrogen-bond acceptors (Lipinski definition) is 6. The minimum absolute atomic E-state index is 0.0135. The van der Waals surface area contributed by atoms with Crippen LogP contribution in [-0.2, 0) is 17.2 Å². The lowest BCUT2D eigenvalue weighted by Gasteiger charge is -2.22. The van der Waals surface area contributed by atoms with E-state index in [9.17, 15) is 9.32 Å². The smallest absolute Gasteiger partial charge is 0.224 e. The SMILES string of the molecule is CCNc1nc2c(c(NC(CO)C(C)C)n1)S(=O)CC2. The molecule has 0 aromatic carbocycles. The van der Waals surface area contributed by atoms with Crippen LogP contribution in [0.3, 0.4) is 0 Å². The minimum Gasteiger partial charge on any atom is -0.394 e. The molecule has 1 aromatic rings. The number of aryl methyl sites for hydroxylation is 1. The number of anilines is 2. The van der Waals surface area contributed by atoms with Crippen molar-refractivity contribution in [2.24, 2.45) is 5.92 Å². The Labute approximate surface area is 121 Å². The normalized spacial score (nSPS) is 18.9. The third-order valence-electron chi connectivity index (χ3n) is 3.35. The number of nitrogens with zero attached hydrogens (tertiary/aromatic N) is 2. The van der Waals surface area contributed by atoms with Crippen molar-refractivity contribution in [1.82, 2.24) is 9.97 Å². The van der Waals surface area contributed by atoms with Crippen LogP contribution in [0.25, 0.3) is 0 Å². The molecule has 0 spiro atoms. The van der Waals surface area contributed by atoms with Crippen LogP contribution >= 0.6 is 0 Å². The molecule has 0 bridgehead atoms. The molecule has 0 fully saturated rings. The zero-order valence-corrected chi connectivity index (χ0v) is 13.0. The molecule has 1 aliphatic heterocycles. The first kappa shape index (κ1) is 15.2. The standard InChI is InChI=1S/C13H22N4O2S/c1-4-14-13-16-9-5-6-20(19)11(9)12(17-13)15-10(7-18)8(2)3/h8,10,18H,4-7H2,1-3H3,(H2,14,15,16,17). The van der Waals surface area contributed by atoms with Crippen LogP contribution < -0.4 is 10.6 Å². The summed E-state index contributed by atoms with van der Waals surface area (Å²) in [5.41, 5.74) is 0.845. The van der Waals surface area contributed by atoms with Crippen molar-refractivity contribution in [3.8, 4) is 0 Å². The number of hydrogen-bond donors (Lipinski definition) is 3. The van der Waals surface area contributed by atoms with E-state index >= 15 is 0 Å². The first-order valence-corrected chi connectivity index (χ1v) is 8.29. The van der Waals surface area contributed by atoms with E-state index in [4.69, 9.17) is 0 Å². The summed E-state index contributed by atoms with van der Waals surface area (Å²) >= 11 is 0. The Balaban J connectivity index is 2.37. The van der Waals surface area contributed by atoms with Gasteiger partial charge in [-0.05, 0) is 12.8 Å². The summed E-state index contributed by atoms with van der Waals surface area (Å²) in [5.74, 6) is 1.99. The Morgan fingerprint density at radius 2 is 2.15 bits per heavy atom. The Hall–Kier alpha value is -1.21. The molecule has 2 heterocycles. The zero-order chi connectivity index (χ0) is 14.7. The summed E-state index contributed by atoms with van der Waals surface area (Å²) in [6.45, 7) is 6.77. The lowest BCUT2D eigenvalue weighted by Crippen LogP contribution is -2.30. The van der Waals surface area contributed by atoms with E-state index in [-0.39, 0.29) is 18.6 Å². The largest absolute Gasteiger partial charge is 0.394 e. The molecule has 0 radical (unpaired) electrons. The average Bonchev–Trinajstić information content (AvgIpc) is 2.77. The molecule has 0 aliphatic carbocycles. The molecule has 7 heteroatoms. The highest BCUT2D eigenvalue weighted by atomic mass is 32.2. The molecule has 1 aliphatic rings. The van der Waals surface area contributed by atoms with Crippen LogP contribution in [0.1, 0.15) is 26.5 Å². The van der Waals surface area contributed by atoms with Crippen LogP contribution in [0.4, 0.5) is 11.8 Å². The van der Waals surface area contributed by atoms with Crippen LogP contribution in [0.2, 0.25) is 0 Å². The fourth-order valence-electron chi connectivity index (χ4n) is 2.13. The van der Waals surface area contributed by atoms with E-state index in [1.54, 1.807) is 0 Å². The lowest BCUT2D eigenvalue weighted by molar-refractivity contribution is 0.249. The highest BCUT2D eigenvalue weighted by Gasteiger charge is 2.27. The third kappa shape index (κ3) is 3.09. The van der Waals surface area contributed by atoms with Gasteiger partial charge in [-0.1, -0.05) is 13.8 Å². The second-order valence-corrected chi connectivity index (χ2v) is 6.69. The molecule has 2 rings (SSSR count). The molecule has 0 saturated carbocycles. The highest BCUT2D eigenvalue weighted by Crippen LogP contribution is 2.29. The summed E-state index contributed by atoms with van der Waals surface area (Å²) in [6, 6.07) is -0.110. The zero-order valence-electron chi connectivity index (χ0n) is 12.1. The van der Waals surface area contributed by atoms with Gasteiger partial charge in [-0.2, -0.15) is 4.98 Å². The Kier molecular flexibility index (Phi) is 4.93. The monoisotopic (exact) mass is 298 g/mol. The number of aliphatic hydroxyl groups is 1. The highest BCUT2D eigenvalue weighted by molar-refractivity contribution is 7.85. The minimum atomic E-state index is -1.05. The van der Waals surface area contributed by atoms with Gasteiger partial charge in [0, 0.05) is 18.7 Å². The Bertz CT molecular complexity index is 507. The summed E-state index contributed by atoms with van der Waals surface area (Å²) in [5, 5.41) is 15.8. The molecular weight excluding hydrogens is 276 g/mol. The predicted octanol–water partition coefficient (Wildman–Crippen LogP) is 1.00. The van der Waals surface area contributed by atoms with Crippen molar-refractivity contribution in [3.05, 3.63) is 5.69 Å². The first-order valence-electron chi connectivity index (χ1n) is 6.97. The number of aromatic nitrogens is 2. The third-order valence-corrected chi connectivity index (χ3v) is 4.81. The molecule has 3 N–H and O–H groups in total. The van der Waals surface area contributed by atoms with Crippen molar-refractivity contribution in [2.75, 3.05) is 29.5 Å². The summed E-state index contributed by atoms with van der Waals surface area (Å²) < 4.78 is 12.1. The molecular formula is C13H22N4O2S. The van der Waals surface area contributed by atoms with Crippen molar-refractivity contribution in [1.29, 1.82) is 0 Å². The summed E-state index contributed by atoms with van der Waals surface area (Å²) in [4.78, 5) is 9.53. The fraction of sp³-hybridized carbons (Fsp3) is 0.692. The lowest BCUT2D eigenvalue weighted by atomic mass is 10.1. The van der Waals surface area contributed by atoms with Crippen molar-refractivity contribution in [3.63, 3.8) is 0 Å². The molecule has 1 aromatic heterocycles. The van der Waals surface area contributed by atoms with Gasteiger partial charge in [-0.3, -0.25) is 4.21 Å². The topological polar surface area (TPSA) is 87.1 Å². The predicted molar refractivity (Wildman–Crippen MR) is 80.5 cm³/mol. The van der Waals surface area contributed by atoms with Crippen molar-refractivity contribution < 1.29 is 9.32 Å². The van der Waals surface area contributed by atoms with Gasteiger partial charge in [0.15, 0.2) is 0 Å². The van der Waals surface area contributed by atoms with Gasteiger partial charge in [0.2, 0.25) is 5.95 Å². The van der Waals surface area contributed by atoms with Crippen molar-refractivity contribution in [2.45, 2.75) is 38.1 Å². The Morgan fingerprint density at radius 3 is 2.75 bits per heavy atom. The van der Waals surface area contributed by atoms with E-state index in [1.165, 1.54) is 0 Å². The maximum absolute atomic E-state index is 12.1. The Morgan fingerprint density at radius 1 is 1.40 bits per heavy atom. The van der Waals surface area contributed by atoms with Crippen LogP contribution in [0.15, 0.2) is 4.90 Å². The van der Waals surface area contributed by atoms with Gasteiger partial charge < -0.3 is 15.7 Å². The molecule has 2 atom stereocenters. The first-order chi connectivity index (χ1) is 9.56. The van der Waals surface area contributed by atoms with Gasteiger partial charge in [-0.15, -0.1) is 0 Å².